The van der Waals surface area contributed by atoms with Crippen molar-refractivity contribution in [3.63, 3.8) is 0 Å². The fourth-order valence-electron chi connectivity index (χ4n) is 3.76. The van der Waals surface area contributed by atoms with E-state index in [0.29, 0.717) is 29.4 Å². The van der Waals surface area contributed by atoms with Crippen LogP contribution in [0.2, 0.25) is 0 Å². The highest BCUT2D eigenvalue weighted by Gasteiger charge is 2.53. The minimum absolute atomic E-state index is 0.182. The van der Waals surface area contributed by atoms with E-state index in [9.17, 15) is 9.90 Å². The average molecular weight is 419 g/mol. The van der Waals surface area contributed by atoms with E-state index in [2.05, 4.69) is 0 Å². The summed E-state index contributed by atoms with van der Waals surface area (Å²) in [6, 6.07) is 23.5. The van der Waals surface area contributed by atoms with E-state index in [1.54, 1.807) is 67.7 Å². The Bertz CT molecular complexity index is 1000. The van der Waals surface area contributed by atoms with Crippen LogP contribution in [-0.2, 0) is 16.1 Å². The number of nitrogens with zero attached hydrogens (tertiary/aromatic N) is 1. The van der Waals surface area contributed by atoms with Gasteiger partial charge in [0.05, 0.1) is 20.8 Å². The summed E-state index contributed by atoms with van der Waals surface area (Å²) in [5, 5.41) is 11.2. The third-order valence-corrected chi connectivity index (χ3v) is 5.49. The van der Waals surface area contributed by atoms with Crippen LogP contribution in [0.5, 0.6) is 11.5 Å². The summed E-state index contributed by atoms with van der Waals surface area (Å²) in [6.45, 7) is 0.291. The summed E-state index contributed by atoms with van der Waals surface area (Å²) in [4.78, 5) is 14.6. The van der Waals surface area contributed by atoms with Crippen LogP contribution in [0.15, 0.2) is 78.9 Å². The number of methoxy groups -OCH3 is 2. The fourth-order valence-corrected chi connectivity index (χ4v) is 3.76. The molecule has 1 fully saturated rings. The highest BCUT2D eigenvalue weighted by Crippen LogP contribution is 2.38. The minimum atomic E-state index is -0.925. The molecule has 3 aromatic carbocycles. The molecule has 31 heavy (non-hydrogen) atoms. The second-order valence-corrected chi connectivity index (χ2v) is 7.33. The van der Waals surface area contributed by atoms with E-state index >= 15 is 0 Å². The van der Waals surface area contributed by atoms with Crippen molar-refractivity contribution in [3.05, 3.63) is 90.0 Å². The predicted octanol–water partition coefficient (Wildman–Crippen LogP) is 3.74. The van der Waals surface area contributed by atoms with Gasteiger partial charge in [-0.15, -0.1) is 0 Å². The molecule has 160 valence electrons. The Morgan fingerprint density at radius 3 is 2.03 bits per heavy atom. The topological polar surface area (TPSA) is 68.2 Å². The van der Waals surface area contributed by atoms with Gasteiger partial charge in [-0.2, -0.15) is 0 Å². The van der Waals surface area contributed by atoms with Gasteiger partial charge in [0.1, 0.15) is 23.6 Å². The molecule has 1 saturated heterocycles. The zero-order valence-electron chi connectivity index (χ0n) is 17.5. The maximum atomic E-state index is 13.0. The number of ether oxygens (including phenoxy) is 3. The van der Waals surface area contributed by atoms with Crippen molar-refractivity contribution in [1.82, 2.24) is 0 Å². The van der Waals surface area contributed by atoms with Gasteiger partial charge >= 0.3 is 0 Å². The highest BCUT2D eigenvalue weighted by atomic mass is 16.5. The lowest BCUT2D eigenvalue weighted by atomic mass is 9.87. The number of hydrogen-bond acceptors (Lipinski definition) is 5. The molecule has 1 aliphatic heterocycles. The zero-order valence-corrected chi connectivity index (χ0v) is 17.5. The van der Waals surface area contributed by atoms with Crippen molar-refractivity contribution in [2.24, 2.45) is 0 Å². The van der Waals surface area contributed by atoms with Crippen LogP contribution in [0.3, 0.4) is 0 Å². The van der Waals surface area contributed by atoms with Crippen molar-refractivity contribution in [3.8, 4) is 11.5 Å². The minimum Gasteiger partial charge on any atom is -0.497 e. The molecule has 3 aromatic rings. The van der Waals surface area contributed by atoms with Crippen LogP contribution in [0.25, 0.3) is 0 Å². The Balaban J connectivity index is 1.59. The molecular formula is C25H25NO5. The first-order valence-corrected chi connectivity index (χ1v) is 10.1. The van der Waals surface area contributed by atoms with Gasteiger partial charge in [0.25, 0.3) is 5.91 Å². The number of anilines is 1. The molecule has 0 aromatic heterocycles. The van der Waals surface area contributed by atoms with E-state index in [-0.39, 0.29) is 5.91 Å². The third-order valence-electron chi connectivity index (χ3n) is 5.49. The van der Waals surface area contributed by atoms with Crippen molar-refractivity contribution in [1.29, 1.82) is 0 Å². The largest absolute Gasteiger partial charge is 0.497 e. The number of aliphatic hydroxyl groups excluding tert-OH is 1. The number of β-lactam (4-membered cyclic amide) rings is 1. The monoisotopic (exact) mass is 419 g/mol. The standard InChI is InChI=1S/C25H25NO5/c1-29-20-12-8-18(9-13-20)23(27)22-24(31-16-17-6-4-3-5-7-17)25(28)26(22)19-10-14-21(30-2)15-11-19/h3-15,22-24,27H,16H2,1-2H3/t22-,23+,24+/m0/s1. The molecule has 1 N–H and O–H groups in total. The molecule has 0 radical (unpaired) electrons. The lowest BCUT2D eigenvalue weighted by Crippen LogP contribution is -2.68. The van der Waals surface area contributed by atoms with Crippen molar-refractivity contribution >= 4 is 11.6 Å². The van der Waals surface area contributed by atoms with E-state index in [0.717, 1.165) is 5.56 Å². The molecule has 1 aliphatic rings. The molecular weight excluding hydrogens is 394 g/mol. The van der Waals surface area contributed by atoms with Crippen LogP contribution in [0, 0.1) is 0 Å². The fraction of sp³-hybridized carbons (Fsp3) is 0.240. The molecule has 1 amide bonds. The number of carbonyl (C=O) groups is 1. The summed E-state index contributed by atoms with van der Waals surface area (Å²) in [6.07, 6.45) is -1.68. The Morgan fingerprint density at radius 2 is 1.45 bits per heavy atom. The smallest absolute Gasteiger partial charge is 0.258 e. The van der Waals surface area contributed by atoms with E-state index in [4.69, 9.17) is 14.2 Å². The summed E-state index contributed by atoms with van der Waals surface area (Å²) in [5.74, 6) is 1.21. The first-order chi connectivity index (χ1) is 15.1. The van der Waals surface area contributed by atoms with Gasteiger partial charge in [-0.1, -0.05) is 42.5 Å². The molecule has 6 nitrogen and oxygen atoms in total. The van der Waals surface area contributed by atoms with Gasteiger partial charge in [0.2, 0.25) is 0 Å². The number of carbonyl (C=O) groups excluding carboxylic acids is 1. The second-order valence-electron chi connectivity index (χ2n) is 7.33. The molecule has 0 aliphatic carbocycles. The molecule has 0 saturated carbocycles. The van der Waals surface area contributed by atoms with Gasteiger partial charge in [0.15, 0.2) is 6.10 Å². The Labute approximate surface area is 181 Å². The van der Waals surface area contributed by atoms with Crippen LogP contribution in [0.1, 0.15) is 17.2 Å². The summed E-state index contributed by atoms with van der Waals surface area (Å²) >= 11 is 0. The Morgan fingerprint density at radius 1 is 0.871 bits per heavy atom. The molecule has 6 heteroatoms. The van der Waals surface area contributed by atoms with Crippen molar-refractivity contribution in [2.45, 2.75) is 24.9 Å². The predicted molar refractivity (Wildman–Crippen MR) is 117 cm³/mol. The summed E-state index contributed by atoms with van der Waals surface area (Å²) < 4.78 is 16.4. The van der Waals surface area contributed by atoms with Crippen molar-refractivity contribution < 1.29 is 24.1 Å². The van der Waals surface area contributed by atoms with E-state index in [1.807, 2.05) is 30.3 Å². The summed E-state index contributed by atoms with van der Waals surface area (Å²) in [7, 11) is 3.18. The highest BCUT2D eigenvalue weighted by molar-refractivity contribution is 6.05. The summed E-state index contributed by atoms with van der Waals surface area (Å²) in [5.41, 5.74) is 2.34. The molecule has 0 bridgehead atoms. The van der Waals surface area contributed by atoms with E-state index in [1.165, 1.54) is 0 Å². The second kappa shape index (κ2) is 9.20. The van der Waals surface area contributed by atoms with Crippen molar-refractivity contribution in [2.75, 3.05) is 19.1 Å². The molecule has 3 atom stereocenters. The van der Waals surface area contributed by atoms with Crippen LogP contribution in [-0.4, -0.2) is 37.4 Å². The number of amides is 1. The first-order valence-electron chi connectivity index (χ1n) is 10.1. The average Bonchev–Trinajstić information content (AvgIpc) is 2.83. The quantitative estimate of drug-likeness (QED) is 0.564. The lowest BCUT2D eigenvalue weighted by Gasteiger charge is -2.48. The maximum Gasteiger partial charge on any atom is 0.258 e. The first kappa shape index (κ1) is 20.9. The van der Waals surface area contributed by atoms with Gasteiger partial charge in [-0.05, 0) is 47.5 Å². The molecule has 0 unspecified atom stereocenters. The lowest BCUT2D eigenvalue weighted by molar-refractivity contribution is -0.149. The Kier molecular flexibility index (Phi) is 6.21. The third kappa shape index (κ3) is 4.26. The number of aliphatic hydroxyl groups is 1. The Hall–Kier alpha value is -3.35. The van der Waals surface area contributed by atoms with Crippen LogP contribution in [0.4, 0.5) is 5.69 Å². The number of rotatable bonds is 8. The maximum absolute atomic E-state index is 13.0. The van der Waals surface area contributed by atoms with E-state index < -0.39 is 18.2 Å². The van der Waals surface area contributed by atoms with Gasteiger partial charge in [-0.25, -0.2) is 0 Å². The van der Waals surface area contributed by atoms with Gasteiger partial charge in [0, 0.05) is 5.69 Å². The van der Waals surface area contributed by atoms with Crippen LogP contribution >= 0.6 is 0 Å². The SMILES string of the molecule is COc1ccc([C@@H](O)[C@H]2[C@@H](OCc3ccccc3)C(=O)N2c2ccc(OC)cc2)cc1. The van der Waals surface area contributed by atoms with Crippen LogP contribution < -0.4 is 14.4 Å². The molecule has 4 rings (SSSR count). The number of benzene rings is 3. The molecule has 0 spiro atoms. The normalized spacial score (nSPS) is 18.9. The zero-order chi connectivity index (χ0) is 21.8. The van der Waals surface area contributed by atoms with Gasteiger partial charge in [-0.3, -0.25) is 4.79 Å². The van der Waals surface area contributed by atoms with Gasteiger partial charge < -0.3 is 24.2 Å². The number of hydrogen-bond donors (Lipinski definition) is 1. The molecule has 1 heterocycles.